The second-order valence-electron chi connectivity index (χ2n) is 5.17. The lowest BCUT2D eigenvalue weighted by Gasteiger charge is -2.18. The normalized spacial score (nSPS) is 15.1. The molecular weight excluding hydrogens is 234 g/mol. The minimum Gasteiger partial charge on any atom is -0.369 e. The number of benzene rings is 1. The Morgan fingerprint density at radius 3 is 2.53 bits per heavy atom. The molecule has 2 aromatic rings. The van der Waals surface area contributed by atoms with Crippen LogP contribution in [0.2, 0.25) is 0 Å². The predicted molar refractivity (Wildman–Crippen MR) is 79.0 cm³/mol. The van der Waals surface area contributed by atoms with Gasteiger partial charge in [-0.2, -0.15) is 5.10 Å². The van der Waals surface area contributed by atoms with Gasteiger partial charge in [0, 0.05) is 13.1 Å². The summed E-state index contributed by atoms with van der Waals surface area (Å²) in [6, 6.07) is 10.4. The molecule has 3 heteroatoms. The molecular formula is C16H21N3. The van der Waals surface area contributed by atoms with Crippen molar-refractivity contribution < 1.29 is 0 Å². The van der Waals surface area contributed by atoms with Gasteiger partial charge in [0.2, 0.25) is 0 Å². The lowest BCUT2D eigenvalue weighted by atomic mass is 10.2. The summed E-state index contributed by atoms with van der Waals surface area (Å²) in [7, 11) is 0. The minimum atomic E-state index is 1.08. The van der Waals surface area contributed by atoms with E-state index < -0.39 is 0 Å². The van der Waals surface area contributed by atoms with Crippen LogP contribution in [-0.2, 0) is 6.42 Å². The first-order valence-corrected chi connectivity index (χ1v) is 7.27. The Morgan fingerprint density at radius 1 is 1.11 bits per heavy atom. The van der Waals surface area contributed by atoms with E-state index in [1.165, 1.54) is 37.3 Å². The van der Waals surface area contributed by atoms with E-state index in [1.54, 1.807) is 0 Å². The Bertz CT molecular complexity index is 524. The molecule has 0 saturated carbocycles. The van der Waals surface area contributed by atoms with Gasteiger partial charge in [-0.25, -0.2) is 4.68 Å². The maximum absolute atomic E-state index is 4.62. The first-order valence-electron chi connectivity index (χ1n) is 7.27. The summed E-state index contributed by atoms with van der Waals surface area (Å²) in [5.41, 5.74) is 3.86. The molecule has 1 aromatic heterocycles. The van der Waals surface area contributed by atoms with Gasteiger partial charge in [0.25, 0.3) is 0 Å². The van der Waals surface area contributed by atoms with Gasteiger partial charge in [-0.1, -0.05) is 31.5 Å². The summed E-state index contributed by atoms with van der Waals surface area (Å²) < 4.78 is 2.11. The smallest absolute Gasteiger partial charge is 0.0789 e. The molecule has 1 fully saturated rings. The van der Waals surface area contributed by atoms with Crippen molar-refractivity contribution in [3.8, 4) is 5.69 Å². The van der Waals surface area contributed by atoms with Gasteiger partial charge in [-0.15, -0.1) is 0 Å². The van der Waals surface area contributed by atoms with Crippen LogP contribution in [0.25, 0.3) is 5.69 Å². The SMILES string of the molecule is CCCc1c(N2CCCC2)cnn1-c1ccccc1. The fraction of sp³-hybridized carbons (Fsp3) is 0.438. The van der Waals surface area contributed by atoms with Crippen molar-refractivity contribution in [2.45, 2.75) is 32.6 Å². The van der Waals surface area contributed by atoms with Crippen LogP contribution in [0, 0.1) is 0 Å². The molecule has 0 spiro atoms. The largest absolute Gasteiger partial charge is 0.369 e. The predicted octanol–water partition coefficient (Wildman–Crippen LogP) is 3.43. The first-order chi connectivity index (χ1) is 9.40. The van der Waals surface area contributed by atoms with Crippen molar-refractivity contribution in [2.24, 2.45) is 0 Å². The van der Waals surface area contributed by atoms with Crippen LogP contribution in [0.5, 0.6) is 0 Å². The summed E-state index contributed by atoms with van der Waals surface area (Å²) in [5.74, 6) is 0. The van der Waals surface area contributed by atoms with Crippen molar-refractivity contribution in [1.29, 1.82) is 0 Å². The number of hydrogen-bond donors (Lipinski definition) is 0. The monoisotopic (exact) mass is 255 g/mol. The zero-order valence-electron chi connectivity index (χ0n) is 11.5. The van der Waals surface area contributed by atoms with E-state index in [-0.39, 0.29) is 0 Å². The van der Waals surface area contributed by atoms with E-state index in [0.717, 1.165) is 18.5 Å². The van der Waals surface area contributed by atoms with E-state index in [4.69, 9.17) is 0 Å². The molecule has 1 saturated heterocycles. The van der Waals surface area contributed by atoms with Gasteiger partial charge >= 0.3 is 0 Å². The molecule has 0 amide bonds. The Balaban J connectivity index is 2.00. The zero-order valence-corrected chi connectivity index (χ0v) is 11.5. The summed E-state index contributed by atoms with van der Waals surface area (Å²) in [6.07, 6.45) is 6.90. The average molecular weight is 255 g/mol. The molecule has 0 radical (unpaired) electrons. The highest BCUT2D eigenvalue weighted by atomic mass is 15.3. The molecule has 3 rings (SSSR count). The van der Waals surface area contributed by atoms with Gasteiger partial charge in [0.1, 0.15) is 0 Å². The Labute approximate surface area is 114 Å². The third kappa shape index (κ3) is 2.37. The van der Waals surface area contributed by atoms with E-state index in [0.29, 0.717) is 0 Å². The third-order valence-corrected chi connectivity index (χ3v) is 3.78. The Kier molecular flexibility index (Phi) is 3.53. The minimum absolute atomic E-state index is 1.08. The summed E-state index contributed by atoms with van der Waals surface area (Å²) in [6.45, 7) is 4.59. The average Bonchev–Trinajstić information content (AvgIpc) is 3.09. The number of aromatic nitrogens is 2. The molecule has 0 atom stereocenters. The van der Waals surface area contributed by atoms with E-state index >= 15 is 0 Å². The summed E-state index contributed by atoms with van der Waals surface area (Å²) in [5, 5.41) is 4.62. The van der Waals surface area contributed by atoms with E-state index in [2.05, 4.69) is 45.9 Å². The van der Waals surface area contributed by atoms with Gasteiger partial charge in [0.15, 0.2) is 0 Å². The van der Waals surface area contributed by atoms with E-state index in [9.17, 15) is 0 Å². The third-order valence-electron chi connectivity index (χ3n) is 3.78. The van der Waals surface area contributed by atoms with Gasteiger partial charge in [-0.05, 0) is 31.4 Å². The van der Waals surface area contributed by atoms with Gasteiger partial charge < -0.3 is 4.90 Å². The molecule has 0 N–H and O–H groups in total. The van der Waals surface area contributed by atoms with Crippen molar-refractivity contribution in [3.05, 3.63) is 42.2 Å². The highest BCUT2D eigenvalue weighted by Gasteiger charge is 2.19. The molecule has 1 aliphatic heterocycles. The van der Waals surface area contributed by atoms with Crippen LogP contribution < -0.4 is 4.90 Å². The topological polar surface area (TPSA) is 21.1 Å². The molecule has 0 bridgehead atoms. The number of rotatable bonds is 4. The van der Waals surface area contributed by atoms with Crippen LogP contribution in [0.4, 0.5) is 5.69 Å². The number of para-hydroxylation sites is 1. The van der Waals surface area contributed by atoms with Crippen LogP contribution in [-0.4, -0.2) is 22.9 Å². The second kappa shape index (κ2) is 5.47. The van der Waals surface area contributed by atoms with E-state index in [1.807, 2.05) is 12.3 Å². The Morgan fingerprint density at radius 2 is 1.84 bits per heavy atom. The van der Waals surface area contributed by atoms with Crippen LogP contribution in [0.1, 0.15) is 31.9 Å². The molecule has 19 heavy (non-hydrogen) atoms. The van der Waals surface area contributed by atoms with Crippen molar-refractivity contribution >= 4 is 5.69 Å². The lowest BCUT2D eigenvalue weighted by molar-refractivity contribution is 0.771. The highest BCUT2D eigenvalue weighted by molar-refractivity contribution is 5.53. The molecule has 3 nitrogen and oxygen atoms in total. The fourth-order valence-electron chi connectivity index (χ4n) is 2.85. The van der Waals surface area contributed by atoms with Gasteiger partial charge in [0.05, 0.1) is 23.3 Å². The Hall–Kier alpha value is -1.77. The zero-order chi connectivity index (χ0) is 13.1. The van der Waals surface area contributed by atoms with Gasteiger partial charge in [-0.3, -0.25) is 0 Å². The molecule has 1 aliphatic rings. The van der Waals surface area contributed by atoms with Crippen LogP contribution in [0.15, 0.2) is 36.5 Å². The second-order valence-corrected chi connectivity index (χ2v) is 5.17. The first kappa shape index (κ1) is 12.3. The molecule has 2 heterocycles. The maximum Gasteiger partial charge on any atom is 0.0789 e. The highest BCUT2D eigenvalue weighted by Crippen LogP contribution is 2.27. The summed E-state index contributed by atoms with van der Waals surface area (Å²) in [4.78, 5) is 2.48. The van der Waals surface area contributed by atoms with Crippen molar-refractivity contribution in [3.63, 3.8) is 0 Å². The van der Waals surface area contributed by atoms with Crippen molar-refractivity contribution in [2.75, 3.05) is 18.0 Å². The number of hydrogen-bond acceptors (Lipinski definition) is 2. The molecule has 100 valence electrons. The standard InChI is InChI=1S/C16H21N3/c1-2-8-15-16(18-11-6-7-12-18)13-17-19(15)14-9-4-3-5-10-14/h3-5,9-10,13H,2,6-8,11-12H2,1H3. The maximum atomic E-state index is 4.62. The quantitative estimate of drug-likeness (QED) is 0.834. The number of anilines is 1. The van der Waals surface area contributed by atoms with Crippen LogP contribution >= 0.6 is 0 Å². The molecule has 1 aromatic carbocycles. The lowest BCUT2D eigenvalue weighted by Crippen LogP contribution is -2.19. The molecule has 0 unspecified atom stereocenters. The van der Waals surface area contributed by atoms with Crippen molar-refractivity contribution in [1.82, 2.24) is 9.78 Å². The summed E-state index contributed by atoms with van der Waals surface area (Å²) >= 11 is 0. The van der Waals surface area contributed by atoms with Crippen LogP contribution in [0.3, 0.4) is 0 Å². The fourth-order valence-corrected chi connectivity index (χ4v) is 2.85. The molecule has 0 aliphatic carbocycles. The number of nitrogens with zero attached hydrogens (tertiary/aromatic N) is 3.